The van der Waals surface area contributed by atoms with Gasteiger partial charge >= 0.3 is 18.0 Å². The zero-order chi connectivity index (χ0) is 25.6. The Bertz CT molecular complexity index is 953. The van der Waals surface area contributed by atoms with Gasteiger partial charge in [-0.05, 0) is 64.3 Å². The molecule has 0 spiro atoms. The zero-order valence-electron chi connectivity index (χ0n) is 21.1. The van der Waals surface area contributed by atoms with Crippen LogP contribution in [0.5, 0.6) is 0 Å². The van der Waals surface area contributed by atoms with Gasteiger partial charge in [-0.25, -0.2) is 14.4 Å². The van der Waals surface area contributed by atoms with Gasteiger partial charge in [0.25, 0.3) is 0 Å². The van der Waals surface area contributed by atoms with Gasteiger partial charge < -0.3 is 34.1 Å². The Morgan fingerprint density at radius 1 is 1.06 bits per heavy atom. The molecule has 3 rings (SSSR count). The lowest BCUT2D eigenvalue weighted by Gasteiger charge is -2.37. The third kappa shape index (κ3) is 6.66. The van der Waals surface area contributed by atoms with Crippen molar-refractivity contribution in [2.75, 3.05) is 50.9 Å². The first kappa shape index (κ1) is 26.3. The Balaban J connectivity index is 1.71. The molecule has 10 nitrogen and oxygen atoms in total. The van der Waals surface area contributed by atoms with Gasteiger partial charge in [0.1, 0.15) is 18.0 Å². The van der Waals surface area contributed by atoms with Gasteiger partial charge in [-0.1, -0.05) is 0 Å². The third-order valence-electron chi connectivity index (χ3n) is 5.81. The number of carbonyl (C=O) groups excluding carboxylic acids is 3. The van der Waals surface area contributed by atoms with Gasteiger partial charge in [-0.15, -0.1) is 0 Å². The van der Waals surface area contributed by atoms with E-state index in [4.69, 9.17) is 18.9 Å². The monoisotopic (exact) mass is 489 g/mol. The van der Waals surface area contributed by atoms with E-state index in [2.05, 4.69) is 5.32 Å². The number of ether oxygens (including phenoxy) is 4. The quantitative estimate of drug-likeness (QED) is 0.476. The van der Waals surface area contributed by atoms with Crippen LogP contribution < -0.4 is 10.2 Å². The summed E-state index contributed by atoms with van der Waals surface area (Å²) in [6, 6.07) is 7.42. The normalized spacial score (nSPS) is 18.7. The smallest absolute Gasteiger partial charge is 0.410 e. The average molecular weight is 490 g/mol. The lowest BCUT2D eigenvalue weighted by molar-refractivity contribution is -0.140. The van der Waals surface area contributed by atoms with Gasteiger partial charge in [-0.2, -0.15) is 0 Å². The lowest BCUT2D eigenvalue weighted by Crippen LogP contribution is -2.48. The van der Waals surface area contributed by atoms with E-state index < -0.39 is 17.5 Å². The van der Waals surface area contributed by atoms with Crippen molar-refractivity contribution in [3.8, 4) is 0 Å². The van der Waals surface area contributed by atoms with Crippen LogP contribution in [0.4, 0.5) is 16.2 Å². The molecule has 192 valence electrons. The van der Waals surface area contributed by atoms with Crippen LogP contribution in [-0.4, -0.2) is 75.2 Å². The number of amides is 1. The highest BCUT2D eigenvalue weighted by Gasteiger charge is 2.33. The SMILES string of the molecule is COC(=O)C1=C(C(=O)OC)N(c2ccc(NCC3CCCCN3C(=O)OC(C)(C)C)cc2)COC1. The molecule has 1 aromatic rings. The number of hydrogen-bond acceptors (Lipinski definition) is 9. The number of piperidine rings is 1. The molecule has 0 aromatic heterocycles. The maximum atomic E-state index is 12.6. The number of esters is 2. The average Bonchev–Trinajstić information content (AvgIpc) is 2.85. The van der Waals surface area contributed by atoms with Crippen molar-refractivity contribution in [3.05, 3.63) is 35.5 Å². The van der Waals surface area contributed by atoms with Crippen molar-refractivity contribution in [2.45, 2.75) is 51.7 Å². The molecule has 2 aliphatic heterocycles. The number of nitrogens with one attached hydrogen (secondary N) is 1. The number of hydrogen-bond donors (Lipinski definition) is 1. The molecular weight excluding hydrogens is 454 g/mol. The van der Waals surface area contributed by atoms with E-state index in [-0.39, 0.29) is 36.7 Å². The summed E-state index contributed by atoms with van der Waals surface area (Å²) in [7, 11) is 2.51. The van der Waals surface area contributed by atoms with Crippen LogP contribution in [0.1, 0.15) is 40.0 Å². The van der Waals surface area contributed by atoms with Crippen molar-refractivity contribution in [3.63, 3.8) is 0 Å². The molecule has 35 heavy (non-hydrogen) atoms. The number of benzene rings is 1. The van der Waals surface area contributed by atoms with Gasteiger partial charge in [-0.3, -0.25) is 0 Å². The number of nitrogens with zero attached hydrogens (tertiary/aromatic N) is 2. The fraction of sp³-hybridized carbons (Fsp3) is 0.560. The highest BCUT2D eigenvalue weighted by molar-refractivity contribution is 6.03. The van der Waals surface area contributed by atoms with Crippen molar-refractivity contribution < 1.29 is 33.3 Å². The van der Waals surface area contributed by atoms with Crippen LogP contribution >= 0.6 is 0 Å². The molecule has 1 N–H and O–H groups in total. The zero-order valence-corrected chi connectivity index (χ0v) is 21.1. The summed E-state index contributed by atoms with van der Waals surface area (Å²) in [5, 5.41) is 3.40. The van der Waals surface area contributed by atoms with Gasteiger partial charge in [0.05, 0.1) is 32.4 Å². The minimum Gasteiger partial charge on any atom is -0.466 e. The number of rotatable bonds is 6. The second-order valence-corrected chi connectivity index (χ2v) is 9.47. The van der Waals surface area contributed by atoms with Crippen molar-refractivity contribution in [1.29, 1.82) is 0 Å². The topological polar surface area (TPSA) is 107 Å². The molecule has 0 radical (unpaired) electrons. The van der Waals surface area contributed by atoms with Gasteiger partial charge in [0, 0.05) is 24.5 Å². The molecule has 1 saturated heterocycles. The number of anilines is 2. The summed E-state index contributed by atoms with van der Waals surface area (Å²) in [5.74, 6) is -1.29. The molecule has 2 aliphatic rings. The molecule has 0 bridgehead atoms. The Kier molecular flexibility index (Phi) is 8.61. The Labute approximate surface area is 206 Å². The molecule has 10 heteroatoms. The Morgan fingerprint density at radius 3 is 2.37 bits per heavy atom. The molecule has 0 saturated carbocycles. The van der Waals surface area contributed by atoms with Crippen LogP contribution in [0.15, 0.2) is 35.5 Å². The van der Waals surface area contributed by atoms with E-state index in [9.17, 15) is 14.4 Å². The maximum Gasteiger partial charge on any atom is 0.410 e. The largest absolute Gasteiger partial charge is 0.466 e. The van der Waals surface area contributed by atoms with Crippen LogP contribution in [0.2, 0.25) is 0 Å². The van der Waals surface area contributed by atoms with Gasteiger partial charge in [0.15, 0.2) is 0 Å². The predicted molar refractivity (Wildman–Crippen MR) is 130 cm³/mol. The van der Waals surface area contributed by atoms with Gasteiger partial charge in [0.2, 0.25) is 0 Å². The fourth-order valence-corrected chi connectivity index (χ4v) is 4.12. The molecule has 1 unspecified atom stereocenters. The summed E-state index contributed by atoms with van der Waals surface area (Å²) in [5.41, 5.74) is 1.18. The van der Waals surface area contributed by atoms with Crippen LogP contribution in [0, 0.1) is 0 Å². The molecular formula is C25H35N3O7. The molecule has 1 fully saturated rings. The van der Waals surface area contributed by atoms with Crippen LogP contribution in [-0.2, 0) is 28.5 Å². The second-order valence-electron chi connectivity index (χ2n) is 9.47. The van der Waals surface area contributed by atoms with Crippen LogP contribution in [0.3, 0.4) is 0 Å². The predicted octanol–water partition coefficient (Wildman–Crippen LogP) is 3.28. The van der Waals surface area contributed by atoms with Crippen LogP contribution in [0.25, 0.3) is 0 Å². The Hall–Kier alpha value is -3.27. The minimum atomic E-state index is -0.643. The first-order valence-corrected chi connectivity index (χ1v) is 11.7. The van der Waals surface area contributed by atoms with E-state index in [0.29, 0.717) is 18.8 Å². The standard InChI is InChI=1S/C25H35N3O7/c1-25(2,3)35-24(31)27-13-7-6-8-19(27)14-26-17-9-11-18(12-10-17)28-16-34-15-20(22(29)32-4)21(28)23(30)33-5/h9-12,19,26H,6-8,13-16H2,1-5H3. The molecule has 1 amide bonds. The highest BCUT2D eigenvalue weighted by Crippen LogP contribution is 2.28. The third-order valence-corrected chi connectivity index (χ3v) is 5.81. The summed E-state index contributed by atoms with van der Waals surface area (Å²) in [6.45, 7) is 6.92. The summed E-state index contributed by atoms with van der Waals surface area (Å²) < 4.78 is 20.8. The first-order chi connectivity index (χ1) is 16.6. The van der Waals surface area contributed by atoms with E-state index in [1.807, 2.05) is 49.9 Å². The number of likely N-dealkylation sites (tertiary alicyclic amines) is 1. The van der Waals surface area contributed by atoms with Crippen molar-refractivity contribution in [2.24, 2.45) is 0 Å². The lowest BCUT2D eigenvalue weighted by atomic mass is 10.0. The molecule has 2 heterocycles. The molecule has 1 atom stereocenters. The summed E-state index contributed by atoms with van der Waals surface area (Å²) in [4.78, 5) is 40.7. The second kappa shape index (κ2) is 11.4. The number of carbonyl (C=O) groups is 3. The van der Waals surface area contributed by atoms with Crippen molar-refractivity contribution in [1.82, 2.24) is 4.90 Å². The number of methoxy groups -OCH3 is 2. The van der Waals surface area contributed by atoms with E-state index in [1.165, 1.54) is 14.2 Å². The summed E-state index contributed by atoms with van der Waals surface area (Å²) in [6.07, 6.45) is 2.64. The fourth-order valence-electron chi connectivity index (χ4n) is 4.12. The van der Waals surface area contributed by atoms with E-state index in [0.717, 1.165) is 24.9 Å². The molecule has 0 aliphatic carbocycles. The minimum absolute atomic E-state index is 0.0326. The van der Waals surface area contributed by atoms with Crippen molar-refractivity contribution >= 4 is 29.4 Å². The van der Waals surface area contributed by atoms with E-state index in [1.54, 1.807) is 4.90 Å². The highest BCUT2D eigenvalue weighted by atomic mass is 16.6. The van der Waals surface area contributed by atoms with E-state index >= 15 is 0 Å². The molecule has 1 aromatic carbocycles. The maximum absolute atomic E-state index is 12.6. The first-order valence-electron chi connectivity index (χ1n) is 11.7. The Morgan fingerprint density at radius 2 is 1.74 bits per heavy atom. The summed E-state index contributed by atoms with van der Waals surface area (Å²) >= 11 is 0.